The van der Waals surface area contributed by atoms with Crippen molar-refractivity contribution in [3.05, 3.63) is 59.2 Å². The fourth-order valence-corrected chi connectivity index (χ4v) is 9.19. The number of carbonyl (C=O) groups is 6. The van der Waals surface area contributed by atoms with E-state index in [0.717, 1.165) is 0 Å². The molecule has 13 heteroatoms. The third-order valence-electron chi connectivity index (χ3n) is 11.2. The summed E-state index contributed by atoms with van der Waals surface area (Å²) in [5.41, 5.74) is -0.709. The number of hydrogen-bond acceptors (Lipinski definition) is 7. The summed E-state index contributed by atoms with van der Waals surface area (Å²) in [7, 11) is 0. The highest BCUT2D eigenvalue weighted by atomic mass is 35.5. The maximum Gasteiger partial charge on any atom is 0.328 e. The minimum Gasteiger partial charge on any atom is -0.464 e. The Morgan fingerprint density at radius 3 is 2.42 bits per heavy atom. The average molecular weight is 704 g/mol. The molecule has 0 radical (unpaired) electrons. The molecule has 7 atom stereocenters. The number of carbonyl (C=O) groups excluding carboxylic acids is 6. The van der Waals surface area contributed by atoms with E-state index in [2.05, 4.69) is 4.99 Å². The number of benzene rings is 1. The monoisotopic (exact) mass is 703 g/mol. The van der Waals surface area contributed by atoms with Crippen LogP contribution in [0.1, 0.15) is 64.4 Å². The standard InChI is InChI=1S/C37H42ClN5O7/c1-3-50-35(48)30-14-12-25-10-9-23-16-20-40(31(23)34(47)42(25)30)33(46)29-13-11-26-15-18-37(36(49)43(26)29)17-6-19-41(37)32(45)28(39-22(2)44)21-24-7-4-5-8-27(24)38/h4-5,7-10,15,18,23,25-26,29-31H,3,6,11-14,16-17,19-21H2,1-2H3/t23-,25-,26-,29-,30-,31-,37+/m0/s1. The van der Waals surface area contributed by atoms with Gasteiger partial charge in [0.15, 0.2) is 0 Å². The molecule has 264 valence electrons. The number of ether oxygens (including phenoxy) is 1. The molecule has 5 amide bonds. The highest BCUT2D eigenvalue weighted by Gasteiger charge is 2.58. The lowest BCUT2D eigenvalue weighted by Crippen LogP contribution is -2.64. The molecule has 6 heterocycles. The van der Waals surface area contributed by atoms with Gasteiger partial charge in [0.25, 0.3) is 11.8 Å². The smallest absolute Gasteiger partial charge is 0.328 e. The van der Waals surface area contributed by atoms with Crippen molar-refractivity contribution < 1.29 is 33.5 Å². The van der Waals surface area contributed by atoms with Gasteiger partial charge >= 0.3 is 5.97 Å². The predicted octanol–water partition coefficient (Wildman–Crippen LogP) is 2.87. The predicted molar refractivity (Wildman–Crippen MR) is 183 cm³/mol. The average Bonchev–Trinajstić information content (AvgIpc) is 3.89. The second kappa shape index (κ2) is 13.4. The molecular weight excluding hydrogens is 662 g/mol. The number of likely N-dealkylation sites (tertiary alicyclic amines) is 2. The van der Waals surface area contributed by atoms with Gasteiger partial charge < -0.3 is 24.3 Å². The maximum absolute atomic E-state index is 14.7. The maximum atomic E-state index is 14.7. The van der Waals surface area contributed by atoms with Gasteiger partial charge in [0.2, 0.25) is 17.7 Å². The molecule has 6 aliphatic rings. The minimum absolute atomic E-state index is 0.00590. The number of rotatable bonds is 6. The normalized spacial score (nSPS) is 31.6. The van der Waals surface area contributed by atoms with E-state index < -0.39 is 41.4 Å². The van der Waals surface area contributed by atoms with Gasteiger partial charge in [-0.2, -0.15) is 0 Å². The Morgan fingerprint density at radius 1 is 0.940 bits per heavy atom. The second-order valence-corrected chi connectivity index (χ2v) is 14.4. The van der Waals surface area contributed by atoms with Gasteiger partial charge in [0, 0.05) is 37.4 Å². The molecule has 0 aliphatic carbocycles. The number of amides is 5. The Morgan fingerprint density at radius 2 is 1.68 bits per heavy atom. The summed E-state index contributed by atoms with van der Waals surface area (Å²) in [4.78, 5) is 93.1. The van der Waals surface area contributed by atoms with E-state index in [1.165, 1.54) is 11.8 Å². The van der Waals surface area contributed by atoms with Crippen molar-refractivity contribution in [3.63, 3.8) is 0 Å². The van der Waals surface area contributed by atoms with Crippen LogP contribution in [0.3, 0.4) is 0 Å². The highest BCUT2D eigenvalue weighted by molar-refractivity contribution is 6.42. The van der Waals surface area contributed by atoms with Gasteiger partial charge in [0.1, 0.15) is 29.4 Å². The molecule has 6 aliphatic heterocycles. The molecule has 4 fully saturated rings. The first-order chi connectivity index (χ1) is 24.1. The van der Waals surface area contributed by atoms with Crippen molar-refractivity contribution in [3.8, 4) is 0 Å². The van der Waals surface area contributed by atoms with Crippen LogP contribution in [0.25, 0.3) is 0 Å². The van der Waals surface area contributed by atoms with Crippen LogP contribution < -0.4 is 0 Å². The summed E-state index contributed by atoms with van der Waals surface area (Å²) in [6, 6.07) is 4.18. The summed E-state index contributed by atoms with van der Waals surface area (Å²) >= 11 is 6.40. The Labute approximate surface area is 296 Å². The summed E-state index contributed by atoms with van der Waals surface area (Å²) in [6.45, 7) is 3.86. The van der Waals surface area contributed by atoms with Crippen molar-refractivity contribution in [2.75, 3.05) is 19.7 Å². The van der Waals surface area contributed by atoms with E-state index in [9.17, 15) is 28.8 Å². The van der Waals surface area contributed by atoms with Crippen LogP contribution in [-0.4, -0.2) is 116 Å². The van der Waals surface area contributed by atoms with Gasteiger partial charge in [-0.25, -0.2) is 9.79 Å². The van der Waals surface area contributed by atoms with Crippen molar-refractivity contribution in [2.24, 2.45) is 10.9 Å². The molecule has 1 spiro atoms. The van der Waals surface area contributed by atoms with Crippen LogP contribution in [0.2, 0.25) is 5.02 Å². The first kappa shape index (κ1) is 34.1. The SMILES string of the molecule is CCOC(=O)[C@@H]1CC[C@@H]2C=C[C@H]3CCN(C(=O)[C@@H]4CC[C@H]5C=C[C@]6(CCCN6C(=O)C(Cc6ccccc6Cl)=NC(C)=O)C(=O)N54)[C@@H]3C(=O)N21. The second-order valence-electron chi connectivity index (χ2n) is 14.0. The summed E-state index contributed by atoms with van der Waals surface area (Å²) in [5.74, 6) is -2.57. The quantitative estimate of drug-likeness (QED) is 0.253. The third-order valence-corrected chi connectivity index (χ3v) is 11.6. The summed E-state index contributed by atoms with van der Waals surface area (Å²) in [6.07, 6.45) is 11.4. The zero-order chi connectivity index (χ0) is 35.3. The molecule has 0 saturated carbocycles. The molecule has 12 nitrogen and oxygen atoms in total. The fourth-order valence-electron chi connectivity index (χ4n) is 8.99. The molecule has 7 rings (SSSR count). The topological polar surface area (TPSA) is 137 Å². The lowest BCUT2D eigenvalue weighted by Gasteiger charge is -2.44. The van der Waals surface area contributed by atoms with E-state index >= 15 is 0 Å². The van der Waals surface area contributed by atoms with Crippen molar-refractivity contribution >= 4 is 52.8 Å². The molecule has 1 aromatic rings. The molecule has 4 saturated heterocycles. The van der Waals surface area contributed by atoms with Crippen LogP contribution in [0.4, 0.5) is 0 Å². The first-order valence-corrected chi connectivity index (χ1v) is 18.1. The van der Waals surface area contributed by atoms with E-state index in [0.29, 0.717) is 62.1 Å². The van der Waals surface area contributed by atoms with Gasteiger partial charge in [-0.1, -0.05) is 54.1 Å². The zero-order valence-corrected chi connectivity index (χ0v) is 29.1. The molecular formula is C37H42ClN5O7. The van der Waals surface area contributed by atoms with Crippen LogP contribution in [0, 0.1) is 5.92 Å². The lowest BCUT2D eigenvalue weighted by molar-refractivity contribution is -0.158. The molecule has 1 aromatic carbocycles. The van der Waals surface area contributed by atoms with Crippen molar-refractivity contribution in [1.82, 2.24) is 19.6 Å². The summed E-state index contributed by atoms with van der Waals surface area (Å²) < 4.78 is 5.30. The van der Waals surface area contributed by atoms with E-state index in [4.69, 9.17) is 16.3 Å². The van der Waals surface area contributed by atoms with Gasteiger partial charge in [0.05, 0.1) is 18.7 Å². The van der Waals surface area contributed by atoms with E-state index in [1.54, 1.807) is 52.0 Å². The fraction of sp³-hybridized carbons (Fsp3) is 0.541. The number of halogens is 1. The number of hydrogen-bond donors (Lipinski definition) is 0. The van der Waals surface area contributed by atoms with Crippen molar-refractivity contribution in [1.29, 1.82) is 0 Å². The largest absolute Gasteiger partial charge is 0.464 e. The molecule has 0 unspecified atom stereocenters. The molecule has 0 aromatic heterocycles. The van der Waals surface area contributed by atoms with Crippen molar-refractivity contribution in [2.45, 2.75) is 101 Å². The number of esters is 1. The molecule has 0 bridgehead atoms. The Balaban J connectivity index is 1.14. The van der Waals surface area contributed by atoms with Gasteiger partial charge in [-0.3, -0.25) is 24.0 Å². The molecule has 50 heavy (non-hydrogen) atoms. The summed E-state index contributed by atoms with van der Waals surface area (Å²) in [5, 5.41) is 0.436. The minimum atomic E-state index is -1.33. The van der Waals surface area contributed by atoms with E-state index in [-0.39, 0.29) is 61.0 Å². The van der Waals surface area contributed by atoms with Crippen LogP contribution in [0.15, 0.2) is 53.6 Å². The number of nitrogens with zero attached hydrogens (tertiary/aromatic N) is 5. The third kappa shape index (κ3) is 5.65. The van der Waals surface area contributed by atoms with Crippen LogP contribution in [-0.2, 0) is 39.9 Å². The van der Waals surface area contributed by atoms with Crippen LogP contribution >= 0.6 is 11.6 Å². The first-order valence-electron chi connectivity index (χ1n) is 17.7. The Bertz CT molecular complexity index is 1720. The highest BCUT2D eigenvalue weighted by Crippen LogP contribution is 2.43. The zero-order valence-electron chi connectivity index (χ0n) is 28.3. The molecule has 0 N–H and O–H groups in total. The van der Waals surface area contributed by atoms with Gasteiger partial charge in [-0.15, -0.1) is 0 Å². The van der Waals surface area contributed by atoms with Crippen LogP contribution in [0.5, 0.6) is 0 Å². The van der Waals surface area contributed by atoms with Gasteiger partial charge in [-0.05, 0) is 63.5 Å². The number of aliphatic imine (C=N–C) groups is 1. The number of fused-ring (bicyclic) bond motifs is 3. The van der Waals surface area contributed by atoms with E-state index in [1.807, 2.05) is 18.2 Å². The Hall–Kier alpha value is -4.32. The Kier molecular flexibility index (Phi) is 9.17. The lowest BCUT2D eigenvalue weighted by atomic mass is 9.88.